The zero-order chi connectivity index (χ0) is 15.6. The number of likely N-dealkylation sites (tertiary alicyclic amines) is 1. The van der Waals surface area contributed by atoms with Crippen LogP contribution in [0.2, 0.25) is 0 Å². The van der Waals surface area contributed by atoms with E-state index in [0.29, 0.717) is 22.6 Å². The van der Waals surface area contributed by atoms with E-state index in [1.54, 1.807) is 24.3 Å². The van der Waals surface area contributed by atoms with Crippen LogP contribution in [0, 0.1) is 0 Å². The number of nitrogens with one attached hydrogen (secondary N) is 1. The lowest BCUT2D eigenvalue weighted by Crippen LogP contribution is -2.29. The highest BCUT2D eigenvalue weighted by molar-refractivity contribution is 8.27. The van der Waals surface area contributed by atoms with Crippen molar-refractivity contribution in [2.24, 2.45) is 0 Å². The van der Waals surface area contributed by atoms with Crippen LogP contribution in [0.4, 0.5) is 0 Å². The highest BCUT2D eigenvalue weighted by Gasteiger charge is 2.25. The topological polar surface area (TPSA) is 72.8 Å². The van der Waals surface area contributed by atoms with Gasteiger partial charge in [0.25, 0.3) is 5.91 Å². The Kier molecular flexibility index (Phi) is 4.54. The molecule has 3 N–H and O–H groups in total. The number of benzene rings is 1. The molecular formula is C16H22N2O3S. The minimum Gasteiger partial charge on any atom is -0.352 e. The maximum atomic E-state index is 12.3. The minimum atomic E-state index is -2.87. The molecule has 2 aliphatic rings. The van der Waals surface area contributed by atoms with Gasteiger partial charge in [-0.15, -0.1) is 10.6 Å². The van der Waals surface area contributed by atoms with Crippen LogP contribution in [0.1, 0.15) is 35.2 Å². The normalized spacial score (nSPS) is 20.8. The molecule has 1 amide bonds. The average Bonchev–Trinajstić information content (AvgIpc) is 3.12. The van der Waals surface area contributed by atoms with Gasteiger partial charge in [-0.05, 0) is 57.1 Å². The number of fused-ring (bicyclic) bond motifs is 1. The third-order valence-corrected chi connectivity index (χ3v) is 5.71. The molecule has 0 aliphatic carbocycles. The van der Waals surface area contributed by atoms with E-state index in [0.717, 1.165) is 13.0 Å². The second-order valence-electron chi connectivity index (χ2n) is 5.77. The summed E-state index contributed by atoms with van der Waals surface area (Å²) in [5.74, 6) is -0.153. The molecule has 1 aromatic carbocycles. The predicted molar refractivity (Wildman–Crippen MR) is 89.2 cm³/mol. The van der Waals surface area contributed by atoms with Gasteiger partial charge in [0, 0.05) is 23.1 Å². The summed E-state index contributed by atoms with van der Waals surface area (Å²) < 4.78 is 19.8. The van der Waals surface area contributed by atoms with E-state index in [2.05, 4.69) is 10.2 Å². The summed E-state index contributed by atoms with van der Waals surface area (Å²) in [7, 11) is -2.87. The van der Waals surface area contributed by atoms with Crippen molar-refractivity contribution in [3.05, 3.63) is 34.7 Å². The van der Waals surface area contributed by atoms with E-state index in [1.165, 1.54) is 31.3 Å². The van der Waals surface area contributed by atoms with Gasteiger partial charge in [0.2, 0.25) is 0 Å². The number of rotatable bonds is 5. The number of amides is 1. The Balaban J connectivity index is 1.57. The average molecular weight is 322 g/mol. The van der Waals surface area contributed by atoms with Gasteiger partial charge in [-0.3, -0.25) is 13.9 Å². The smallest absolute Gasteiger partial charge is 0.251 e. The molecule has 6 heteroatoms. The SMILES string of the molecule is O=C(NCCCN1CCCC1)c1cccc2c1C=CS2(O)O. The van der Waals surface area contributed by atoms with E-state index in [4.69, 9.17) is 0 Å². The first-order valence-corrected chi connectivity index (χ1v) is 9.29. The molecule has 1 saturated heterocycles. The maximum absolute atomic E-state index is 12.3. The fraction of sp³-hybridized carbons (Fsp3) is 0.438. The van der Waals surface area contributed by atoms with Crippen LogP contribution in [-0.4, -0.2) is 46.1 Å². The fourth-order valence-electron chi connectivity index (χ4n) is 3.02. The van der Waals surface area contributed by atoms with Crippen LogP contribution >= 0.6 is 10.6 Å². The molecule has 0 unspecified atom stereocenters. The van der Waals surface area contributed by atoms with Gasteiger partial charge in [0.05, 0.1) is 4.90 Å². The molecule has 2 heterocycles. The summed E-state index contributed by atoms with van der Waals surface area (Å²) in [4.78, 5) is 15.2. The third kappa shape index (κ3) is 3.20. The first-order chi connectivity index (χ1) is 10.6. The van der Waals surface area contributed by atoms with Crippen LogP contribution < -0.4 is 5.32 Å². The second kappa shape index (κ2) is 6.42. The second-order valence-corrected chi connectivity index (χ2v) is 7.67. The van der Waals surface area contributed by atoms with Gasteiger partial charge in [0.1, 0.15) is 0 Å². The molecule has 120 valence electrons. The van der Waals surface area contributed by atoms with Crippen LogP contribution in [0.15, 0.2) is 28.5 Å². The Morgan fingerprint density at radius 1 is 1.27 bits per heavy atom. The van der Waals surface area contributed by atoms with E-state index in [-0.39, 0.29) is 5.91 Å². The van der Waals surface area contributed by atoms with E-state index < -0.39 is 10.6 Å². The minimum absolute atomic E-state index is 0.153. The first kappa shape index (κ1) is 15.6. The van der Waals surface area contributed by atoms with Crippen LogP contribution in [0.3, 0.4) is 0 Å². The standard InChI is InChI=1S/C16H22N2O3S/c19-16(17-8-4-11-18-9-1-2-10-18)14-5-3-6-15-13(14)7-12-22(15,20)21/h3,5-7,12,20-21H,1-2,4,8-11H2,(H,17,19). The van der Waals surface area contributed by atoms with E-state index in [1.807, 2.05) is 0 Å². The Bertz CT molecular complexity index is 595. The van der Waals surface area contributed by atoms with Crippen LogP contribution in [0.5, 0.6) is 0 Å². The molecule has 0 bridgehead atoms. The highest BCUT2D eigenvalue weighted by atomic mass is 32.3. The summed E-state index contributed by atoms with van der Waals surface area (Å²) in [6, 6.07) is 5.08. The quantitative estimate of drug-likeness (QED) is 0.729. The molecule has 5 nitrogen and oxygen atoms in total. The Labute approximate surface area is 132 Å². The zero-order valence-electron chi connectivity index (χ0n) is 12.5. The van der Waals surface area contributed by atoms with E-state index >= 15 is 0 Å². The number of nitrogens with zero attached hydrogens (tertiary/aromatic N) is 1. The van der Waals surface area contributed by atoms with Gasteiger partial charge in [-0.2, -0.15) is 0 Å². The summed E-state index contributed by atoms with van der Waals surface area (Å²) in [6.07, 6.45) is 5.12. The number of carbonyl (C=O) groups excluding carboxylic acids is 1. The Morgan fingerprint density at radius 3 is 2.82 bits per heavy atom. The monoisotopic (exact) mass is 322 g/mol. The molecule has 0 saturated carbocycles. The Hall–Kier alpha value is -1.34. The van der Waals surface area contributed by atoms with Crippen molar-refractivity contribution in [3.8, 4) is 0 Å². The summed E-state index contributed by atoms with van der Waals surface area (Å²) in [6.45, 7) is 4.00. The first-order valence-electron chi connectivity index (χ1n) is 7.68. The molecule has 22 heavy (non-hydrogen) atoms. The van der Waals surface area contributed by atoms with Crippen molar-refractivity contribution in [2.45, 2.75) is 24.2 Å². The predicted octanol–water partition coefficient (Wildman–Crippen LogP) is 3.00. The summed E-state index contributed by atoms with van der Waals surface area (Å²) in [5, 5.41) is 4.30. The van der Waals surface area contributed by atoms with Gasteiger partial charge in [-0.25, -0.2) is 0 Å². The molecule has 0 spiro atoms. The van der Waals surface area contributed by atoms with Crippen molar-refractivity contribution >= 4 is 22.6 Å². The lowest BCUT2D eigenvalue weighted by molar-refractivity contribution is 0.0951. The fourth-order valence-corrected chi connectivity index (χ4v) is 4.27. The third-order valence-electron chi connectivity index (χ3n) is 4.19. The maximum Gasteiger partial charge on any atom is 0.251 e. The summed E-state index contributed by atoms with van der Waals surface area (Å²) >= 11 is 0. The van der Waals surface area contributed by atoms with Gasteiger partial charge in [0.15, 0.2) is 0 Å². The molecule has 0 atom stereocenters. The number of hydrogen-bond acceptors (Lipinski definition) is 4. The number of hydrogen-bond donors (Lipinski definition) is 3. The van der Waals surface area contributed by atoms with Crippen molar-refractivity contribution in [2.75, 3.05) is 26.2 Å². The number of carbonyl (C=O) groups is 1. The molecule has 0 aromatic heterocycles. The molecular weight excluding hydrogens is 300 g/mol. The molecule has 3 rings (SSSR count). The molecule has 1 fully saturated rings. The zero-order valence-corrected chi connectivity index (χ0v) is 13.3. The summed E-state index contributed by atoms with van der Waals surface area (Å²) in [5.41, 5.74) is 1.13. The largest absolute Gasteiger partial charge is 0.352 e. The van der Waals surface area contributed by atoms with Crippen molar-refractivity contribution < 1.29 is 13.9 Å². The van der Waals surface area contributed by atoms with Gasteiger partial charge >= 0.3 is 0 Å². The lowest BCUT2D eigenvalue weighted by atomic mass is 10.1. The van der Waals surface area contributed by atoms with Crippen LogP contribution in [0.25, 0.3) is 6.08 Å². The van der Waals surface area contributed by atoms with Crippen LogP contribution in [-0.2, 0) is 0 Å². The van der Waals surface area contributed by atoms with Crippen molar-refractivity contribution in [1.82, 2.24) is 10.2 Å². The molecule has 1 aromatic rings. The van der Waals surface area contributed by atoms with Crippen molar-refractivity contribution in [1.29, 1.82) is 0 Å². The van der Waals surface area contributed by atoms with Crippen molar-refractivity contribution in [3.63, 3.8) is 0 Å². The van der Waals surface area contributed by atoms with E-state index in [9.17, 15) is 13.9 Å². The molecule has 2 aliphatic heterocycles. The Morgan fingerprint density at radius 2 is 2.05 bits per heavy atom. The lowest BCUT2D eigenvalue weighted by Gasteiger charge is -2.25. The van der Waals surface area contributed by atoms with Gasteiger partial charge in [-0.1, -0.05) is 6.07 Å². The highest BCUT2D eigenvalue weighted by Crippen LogP contribution is 2.56. The molecule has 0 radical (unpaired) electrons. The van der Waals surface area contributed by atoms with Gasteiger partial charge < -0.3 is 10.2 Å².